The lowest BCUT2D eigenvalue weighted by molar-refractivity contribution is -0.117. The minimum absolute atomic E-state index is 0.0733. The molecule has 0 bridgehead atoms. The van der Waals surface area contributed by atoms with E-state index in [0.717, 1.165) is 12.8 Å². The Bertz CT molecular complexity index is 1960. The highest BCUT2D eigenvalue weighted by Gasteiger charge is 2.48. The van der Waals surface area contributed by atoms with Crippen molar-refractivity contribution < 1.29 is 23.2 Å². The van der Waals surface area contributed by atoms with E-state index in [9.17, 15) is 18.8 Å². The molecule has 0 spiro atoms. The third-order valence-corrected chi connectivity index (χ3v) is 8.48. The minimum Gasteiger partial charge on any atom is -0.309 e. The van der Waals surface area contributed by atoms with Gasteiger partial charge in [-0.05, 0) is 49.8 Å². The number of hydrogen-bond donors (Lipinski definition) is 2. The first-order chi connectivity index (χ1) is 20.3. The normalized spacial score (nSPS) is 20.4. The molecule has 10 nitrogen and oxygen atoms in total. The smallest absolute Gasteiger partial charge is 0.262 e. The summed E-state index contributed by atoms with van der Waals surface area (Å²) in [6.07, 6.45) is 6.96. The van der Waals surface area contributed by atoms with Crippen molar-refractivity contribution in [1.29, 1.82) is 0 Å². The van der Waals surface area contributed by atoms with Gasteiger partial charge in [0.25, 0.3) is 11.8 Å². The molecule has 3 unspecified atom stereocenters. The quantitative estimate of drug-likeness (QED) is 0.285. The van der Waals surface area contributed by atoms with Gasteiger partial charge in [-0.3, -0.25) is 29.4 Å². The van der Waals surface area contributed by atoms with Crippen molar-refractivity contribution in [3.05, 3.63) is 77.1 Å². The molecular weight excluding hydrogens is 544 g/mol. The number of nitrogens with one attached hydrogen (secondary N) is 2. The number of hydrogen-bond acceptors (Lipinski definition) is 6. The highest BCUT2D eigenvalue weighted by atomic mass is 19.1. The van der Waals surface area contributed by atoms with Crippen molar-refractivity contribution in [2.24, 2.45) is 11.8 Å². The number of nitrogens with zero attached hydrogens (tertiary/aromatic N) is 5. The van der Waals surface area contributed by atoms with Crippen LogP contribution in [0.1, 0.15) is 57.1 Å². The first-order valence-electron chi connectivity index (χ1n) is 13.7. The average Bonchev–Trinajstić information content (AvgIpc) is 3.84. The number of rotatable bonds is 6. The number of anilines is 1. The third-order valence-electron chi connectivity index (χ3n) is 8.48. The maximum absolute atomic E-state index is 16.6. The number of aromatic amines is 1. The number of halogens is 2. The molecule has 8 rings (SSSR count). The van der Waals surface area contributed by atoms with Gasteiger partial charge in [0.05, 0.1) is 52.9 Å². The van der Waals surface area contributed by atoms with Gasteiger partial charge in [0.2, 0.25) is 5.91 Å². The fraction of sp³-hybridized carbons (Fsp3) is 0.267. The number of imide groups is 1. The van der Waals surface area contributed by atoms with Gasteiger partial charge < -0.3 is 9.72 Å². The molecular formula is C30H23F2N7O3. The molecule has 3 aromatic heterocycles. The number of fused-ring (bicyclic) bond motifs is 3. The summed E-state index contributed by atoms with van der Waals surface area (Å²) in [5.41, 5.74) is 2.94. The molecule has 2 saturated carbocycles. The van der Waals surface area contributed by atoms with Crippen LogP contribution in [0, 0.1) is 24.6 Å². The Morgan fingerprint density at radius 1 is 1.12 bits per heavy atom. The first kappa shape index (κ1) is 24.8. The van der Waals surface area contributed by atoms with Crippen LogP contribution in [0.2, 0.25) is 0 Å². The molecule has 3 atom stereocenters. The molecule has 2 N–H and O–H groups in total. The van der Waals surface area contributed by atoms with Crippen LogP contribution in [-0.4, -0.2) is 53.4 Å². The van der Waals surface area contributed by atoms with Crippen molar-refractivity contribution in [3.63, 3.8) is 0 Å². The number of amides is 3. The number of aromatic nitrogens is 5. The summed E-state index contributed by atoms with van der Waals surface area (Å²) in [5.74, 6) is -2.28. The Morgan fingerprint density at radius 3 is 2.50 bits per heavy atom. The number of H-pyrrole nitrogens is 1. The van der Waals surface area contributed by atoms with Crippen molar-refractivity contribution in [1.82, 2.24) is 29.5 Å². The Kier molecular flexibility index (Phi) is 5.16. The molecule has 4 heterocycles. The lowest BCUT2D eigenvalue weighted by Crippen LogP contribution is -2.36. The number of alkyl halides is 1. The van der Waals surface area contributed by atoms with Crippen LogP contribution in [0.25, 0.3) is 27.8 Å². The van der Waals surface area contributed by atoms with Crippen LogP contribution in [-0.2, 0) is 4.79 Å². The molecule has 1 aliphatic heterocycles. The van der Waals surface area contributed by atoms with Gasteiger partial charge in [-0.25, -0.2) is 13.8 Å². The van der Waals surface area contributed by atoms with E-state index in [1.807, 2.05) is 0 Å². The summed E-state index contributed by atoms with van der Waals surface area (Å²) in [6, 6.07) is 5.86. The van der Waals surface area contributed by atoms with Crippen LogP contribution in [0.4, 0.5) is 14.6 Å². The van der Waals surface area contributed by atoms with Crippen LogP contribution in [0.3, 0.4) is 0 Å². The largest absolute Gasteiger partial charge is 0.309 e. The number of carbonyl (C=O) groups excluding carboxylic acids is 3. The van der Waals surface area contributed by atoms with E-state index < -0.39 is 41.7 Å². The summed E-state index contributed by atoms with van der Waals surface area (Å²) in [5, 5.41) is 10.4. The van der Waals surface area contributed by atoms with Crippen LogP contribution >= 0.6 is 0 Å². The standard InChI is InChI=1S/C30H23F2N7O3/c1-13-23(20-11-38-12-21(35-22(38)10-33-20)36-28(40)17-8-19(17)31)18-9-34-37-26(18)24(25(13)32)27(14-6-7-14)39-29(41)15-4-2-3-5-16(15)30(39)42/h2-5,9-12,14,17,19,27H,6-8H2,1H3,(H,34,37)(H,36,40). The van der Waals surface area contributed by atoms with Gasteiger partial charge in [-0.15, -0.1) is 0 Å². The Labute approximate surface area is 236 Å². The van der Waals surface area contributed by atoms with E-state index in [1.165, 1.54) is 11.1 Å². The predicted octanol–water partition coefficient (Wildman–Crippen LogP) is 4.76. The lowest BCUT2D eigenvalue weighted by Gasteiger charge is -2.28. The zero-order valence-electron chi connectivity index (χ0n) is 22.3. The van der Waals surface area contributed by atoms with Gasteiger partial charge in [0.15, 0.2) is 11.5 Å². The van der Waals surface area contributed by atoms with E-state index in [-0.39, 0.29) is 23.7 Å². The minimum atomic E-state index is -1.12. The second kappa shape index (κ2) is 8.75. The lowest BCUT2D eigenvalue weighted by atomic mass is 9.91. The maximum Gasteiger partial charge on any atom is 0.262 e. The zero-order valence-corrected chi connectivity index (χ0v) is 22.3. The highest BCUT2D eigenvalue weighted by molar-refractivity contribution is 6.21. The van der Waals surface area contributed by atoms with Gasteiger partial charge in [-0.2, -0.15) is 5.10 Å². The SMILES string of the molecule is Cc1c(F)c(C(C2CC2)N2C(=O)c3ccccc3C2=O)c2[nH]ncc2c1-c1cn2cc(NC(=O)C3CC3F)nc2cn1. The number of benzene rings is 2. The summed E-state index contributed by atoms with van der Waals surface area (Å²) in [4.78, 5) is 49.2. The van der Waals surface area contributed by atoms with E-state index in [4.69, 9.17) is 0 Å². The highest BCUT2D eigenvalue weighted by Crippen LogP contribution is 2.50. The van der Waals surface area contributed by atoms with Crippen LogP contribution in [0.15, 0.2) is 49.1 Å². The monoisotopic (exact) mass is 567 g/mol. The fourth-order valence-electron chi connectivity index (χ4n) is 6.10. The first-order valence-corrected chi connectivity index (χ1v) is 13.7. The Morgan fingerprint density at radius 2 is 1.83 bits per heavy atom. The molecule has 0 saturated heterocycles. The van der Waals surface area contributed by atoms with E-state index in [0.29, 0.717) is 44.5 Å². The molecule has 12 heteroatoms. The molecule has 210 valence electrons. The molecule has 42 heavy (non-hydrogen) atoms. The number of carbonyl (C=O) groups is 3. The third kappa shape index (κ3) is 3.60. The summed E-state index contributed by atoms with van der Waals surface area (Å²) in [6.45, 7) is 1.64. The van der Waals surface area contributed by atoms with Crippen molar-refractivity contribution in [2.45, 2.75) is 38.4 Å². The molecule has 0 radical (unpaired) electrons. The fourth-order valence-corrected chi connectivity index (χ4v) is 6.10. The molecule has 2 aliphatic carbocycles. The van der Waals surface area contributed by atoms with E-state index in [1.54, 1.807) is 54.2 Å². The second-order valence-electron chi connectivity index (χ2n) is 11.2. The van der Waals surface area contributed by atoms with Crippen molar-refractivity contribution >= 4 is 40.1 Å². The number of imidazole rings is 1. The maximum atomic E-state index is 16.6. The van der Waals surface area contributed by atoms with Gasteiger partial charge in [0, 0.05) is 22.7 Å². The van der Waals surface area contributed by atoms with Gasteiger partial charge in [-0.1, -0.05) is 12.1 Å². The van der Waals surface area contributed by atoms with Gasteiger partial charge >= 0.3 is 0 Å². The Hall–Kier alpha value is -5.00. The van der Waals surface area contributed by atoms with Crippen LogP contribution < -0.4 is 5.32 Å². The molecule has 5 aromatic rings. The van der Waals surface area contributed by atoms with E-state index >= 15 is 4.39 Å². The Balaban J connectivity index is 1.22. The van der Waals surface area contributed by atoms with E-state index in [2.05, 4.69) is 25.5 Å². The summed E-state index contributed by atoms with van der Waals surface area (Å²) in [7, 11) is 0. The summed E-state index contributed by atoms with van der Waals surface area (Å²) < 4.78 is 31.5. The zero-order chi connectivity index (χ0) is 28.9. The molecule has 3 amide bonds. The average molecular weight is 568 g/mol. The predicted molar refractivity (Wildman–Crippen MR) is 147 cm³/mol. The molecule has 2 fully saturated rings. The van der Waals surface area contributed by atoms with Crippen molar-refractivity contribution in [2.75, 3.05) is 5.32 Å². The molecule has 2 aromatic carbocycles. The summed E-state index contributed by atoms with van der Waals surface area (Å²) >= 11 is 0. The second-order valence-corrected chi connectivity index (χ2v) is 11.2. The molecule has 3 aliphatic rings. The van der Waals surface area contributed by atoms with Crippen LogP contribution in [0.5, 0.6) is 0 Å². The topological polar surface area (TPSA) is 125 Å². The van der Waals surface area contributed by atoms with Gasteiger partial charge in [0.1, 0.15) is 12.0 Å². The van der Waals surface area contributed by atoms with Crippen molar-refractivity contribution in [3.8, 4) is 11.3 Å².